The number of ketones is 1. The first-order valence-corrected chi connectivity index (χ1v) is 8.33. The van der Waals surface area contributed by atoms with Gasteiger partial charge in [-0.25, -0.2) is 0 Å². The second-order valence-corrected chi connectivity index (χ2v) is 6.87. The van der Waals surface area contributed by atoms with E-state index in [1.165, 1.54) is 12.7 Å². The maximum absolute atomic E-state index is 13.0. The average Bonchev–Trinajstić information content (AvgIpc) is 3.10. The number of methoxy groups -OCH3 is 1. The van der Waals surface area contributed by atoms with Gasteiger partial charge in [-0.3, -0.25) is 9.59 Å². The van der Waals surface area contributed by atoms with Crippen LogP contribution in [0.2, 0.25) is 0 Å². The highest BCUT2D eigenvalue weighted by Gasteiger charge is 2.53. The minimum Gasteiger partial charge on any atom is -0.469 e. The fourth-order valence-electron chi connectivity index (χ4n) is 4.15. The average molecular weight is 332 g/mol. The van der Waals surface area contributed by atoms with Crippen molar-refractivity contribution < 1.29 is 23.8 Å². The summed E-state index contributed by atoms with van der Waals surface area (Å²) in [7, 11) is 1.36. The third-order valence-corrected chi connectivity index (χ3v) is 5.25. The lowest BCUT2D eigenvalue weighted by Crippen LogP contribution is -2.35. The SMILES string of the molecule is COC(=O)C1CC2OCOC2C1C(=O)Cc1c(C)cc(C)cc1C. The Morgan fingerprint density at radius 3 is 2.46 bits per heavy atom. The molecule has 5 nitrogen and oxygen atoms in total. The molecule has 1 aliphatic carbocycles. The molecule has 4 atom stereocenters. The van der Waals surface area contributed by atoms with Gasteiger partial charge in [0.25, 0.3) is 0 Å². The summed E-state index contributed by atoms with van der Waals surface area (Å²) in [5.41, 5.74) is 4.43. The maximum Gasteiger partial charge on any atom is 0.309 e. The van der Waals surface area contributed by atoms with Crippen LogP contribution in [0, 0.1) is 32.6 Å². The Bertz CT molecular complexity index is 643. The summed E-state index contributed by atoms with van der Waals surface area (Å²) in [6.07, 6.45) is 0.262. The Balaban J connectivity index is 1.86. The van der Waals surface area contributed by atoms with Gasteiger partial charge in [0.05, 0.1) is 31.2 Å². The highest BCUT2D eigenvalue weighted by Crippen LogP contribution is 2.41. The number of esters is 1. The number of rotatable bonds is 4. The zero-order valence-corrected chi connectivity index (χ0v) is 14.6. The van der Waals surface area contributed by atoms with Gasteiger partial charge in [-0.1, -0.05) is 17.7 Å². The number of benzene rings is 1. The molecule has 4 unspecified atom stereocenters. The summed E-state index contributed by atoms with van der Waals surface area (Å²) in [4.78, 5) is 25.1. The molecular formula is C19H24O5. The minimum atomic E-state index is -0.495. The van der Waals surface area contributed by atoms with Crippen LogP contribution in [0.4, 0.5) is 0 Å². The van der Waals surface area contributed by atoms with Crippen LogP contribution in [0.25, 0.3) is 0 Å². The van der Waals surface area contributed by atoms with Gasteiger partial charge in [0.15, 0.2) is 0 Å². The lowest BCUT2D eigenvalue weighted by Gasteiger charge is -2.21. The van der Waals surface area contributed by atoms with E-state index >= 15 is 0 Å². The van der Waals surface area contributed by atoms with Crippen molar-refractivity contribution >= 4 is 11.8 Å². The third-order valence-electron chi connectivity index (χ3n) is 5.25. The van der Waals surface area contributed by atoms with Crippen LogP contribution in [-0.2, 0) is 30.2 Å². The smallest absolute Gasteiger partial charge is 0.309 e. The Morgan fingerprint density at radius 1 is 1.17 bits per heavy atom. The molecule has 1 aliphatic heterocycles. The van der Waals surface area contributed by atoms with Gasteiger partial charge in [0.1, 0.15) is 12.6 Å². The molecule has 3 rings (SSSR count). The van der Waals surface area contributed by atoms with Crippen molar-refractivity contribution in [3.8, 4) is 0 Å². The molecule has 1 heterocycles. The molecule has 0 N–H and O–H groups in total. The van der Waals surface area contributed by atoms with Crippen molar-refractivity contribution in [1.82, 2.24) is 0 Å². The van der Waals surface area contributed by atoms with Gasteiger partial charge in [0.2, 0.25) is 0 Å². The van der Waals surface area contributed by atoms with Crippen LogP contribution in [-0.4, -0.2) is 37.9 Å². The van der Waals surface area contributed by atoms with E-state index in [2.05, 4.69) is 12.1 Å². The van der Waals surface area contributed by atoms with Crippen LogP contribution >= 0.6 is 0 Å². The number of fused-ring (bicyclic) bond motifs is 1. The van der Waals surface area contributed by atoms with Gasteiger partial charge in [-0.2, -0.15) is 0 Å². The summed E-state index contributed by atoms with van der Waals surface area (Å²) < 4.78 is 16.0. The topological polar surface area (TPSA) is 61.8 Å². The van der Waals surface area contributed by atoms with Crippen molar-refractivity contribution in [3.63, 3.8) is 0 Å². The van der Waals surface area contributed by atoms with Crippen LogP contribution in [0.15, 0.2) is 12.1 Å². The molecule has 24 heavy (non-hydrogen) atoms. The first kappa shape index (κ1) is 17.1. The summed E-state index contributed by atoms with van der Waals surface area (Å²) in [6.45, 7) is 6.28. The van der Waals surface area contributed by atoms with E-state index < -0.39 is 11.8 Å². The summed E-state index contributed by atoms with van der Waals surface area (Å²) >= 11 is 0. The minimum absolute atomic E-state index is 0.0263. The van der Waals surface area contributed by atoms with Gasteiger partial charge in [0, 0.05) is 6.42 Å². The molecule has 0 bridgehead atoms. The van der Waals surface area contributed by atoms with E-state index in [0.29, 0.717) is 12.8 Å². The lowest BCUT2D eigenvalue weighted by atomic mass is 9.85. The molecule has 2 aliphatic rings. The molecule has 0 aromatic heterocycles. The van der Waals surface area contributed by atoms with Gasteiger partial charge < -0.3 is 14.2 Å². The molecule has 0 amide bonds. The number of hydrogen-bond acceptors (Lipinski definition) is 5. The zero-order valence-electron chi connectivity index (χ0n) is 14.6. The van der Waals surface area contributed by atoms with Gasteiger partial charge in [-0.05, 0) is 43.9 Å². The Kier molecular flexibility index (Phi) is 4.74. The zero-order chi connectivity index (χ0) is 17.4. The quantitative estimate of drug-likeness (QED) is 0.792. The van der Waals surface area contributed by atoms with E-state index in [0.717, 1.165) is 16.7 Å². The Labute approximate surface area is 142 Å². The second-order valence-electron chi connectivity index (χ2n) is 6.87. The monoisotopic (exact) mass is 332 g/mol. The number of carbonyl (C=O) groups is 2. The number of ether oxygens (including phenoxy) is 3. The predicted molar refractivity (Wildman–Crippen MR) is 87.6 cm³/mol. The standard InChI is InChI=1S/C19H24O5/c1-10-5-11(2)13(12(3)6-10)7-15(20)17-14(19(21)22-4)8-16-18(17)24-9-23-16/h5-6,14,16-18H,7-9H2,1-4H3. The van der Waals surface area contributed by atoms with Crippen molar-refractivity contribution in [2.75, 3.05) is 13.9 Å². The highest BCUT2D eigenvalue weighted by atomic mass is 16.7. The van der Waals surface area contributed by atoms with E-state index in [4.69, 9.17) is 14.2 Å². The Morgan fingerprint density at radius 2 is 1.83 bits per heavy atom. The van der Waals surface area contributed by atoms with E-state index in [-0.39, 0.29) is 30.8 Å². The molecule has 2 fully saturated rings. The second kappa shape index (κ2) is 6.65. The van der Waals surface area contributed by atoms with E-state index in [1.807, 2.05) is 20.8 Å². The van der Waals surface area contributed by atoms with Gasteiger partial charge in [-0.15, -0.1) is 0 Å². The molecule has 0 spiro atoms. The van der Waals surface area contributed by atoms with Crippen molar-refractivity contribution in [2.45, 2.75) is 45.8 Å². The third kappa shape index (κ3) is 2.98. The number of hydrogen-bond donors (Lipinski definition) is 0. The molecule has 0 radical (unpaired) electrons. The molecule has 1 saturated carbocycles. The fourth-order valence-corrected chi connectivity index (χ4v) is 4.15. The molecule has 5 heteroatoms. The summed E-state index contributed by atoms with van der Waals surface area (Å²) in [5.74, 6) is -1.31. The number of aryl methyl sites for hydroxylation is 3. The number of carbonyl (C=O) groups excluding carboxylic acids is 2. The maximum atomic E-state index is 13.0. The van der Waals surface area contributed by atoms with E-state index in [1.54, 1.807) is 0 Å². The largest absolute Gasteiger partial charge is 0.469 e. The molecule has 130 valence electrons. The molecule has 1 aromatic rings. The summed E-state index contributed by atoms with van der Waals surface area (Å²) in [5, 5.41) is 0. The molecular weight excluding hydrogens is 308 g/mol. The van der Waals surface area contributed by atoms with Crippen molar-refractivity contribution in [1.29, 1.82) is 0 Å². The molecule has 1 saturated heterocycles. The van der Waals surface area contributed by atoms with Crippen LogP contribution < -0.4 is 0 Å². The normalized spacial score (nSPS) is 28.7. The van der Waals surface area contributed by atoms with Crippen molar-refractivity contribution in [3.05, 3.63) is 34.4 Å². The van der Waals surface area contributed by atoms with Gasteiger partial charge >= 0.3 is 5.97 Å². The Hall–Kier alpha value is -1.72. The predicted octanol–water partition coefficient (Wildman–Crippen LogP) is 2.27. The van der Waals surface area contributed by atoms with Crippen LogP contribution in [0.1, 0.15) is 28.7 Å². The first-order valence-electron chi connectivity index (χ1n) is 8.33. The van der Waals surface area contributed by atoms with Crippen LogP contribution in [0.5, 0.6) is 0 Å². The highest BCUT2D eigenvalue weighted by molar-refractivity contribution is 5.90. The number of Topliss-reactive ketones (excluding diaryl/α,β-unsaturated/α-hetero) is 1. The van der Waals surface area contributed by atoms with E-state index in [9.17, 15) is 9.59 Å². The van der Waals surface area contributed by atoms with Crippen LogP contribution in [0.3, 0.4) is 0 Å². The van der Waals surface area contributed by atoms with Crippen molar-refractivity contribution in [2.24, 2.45) is 11.8 Å². The molecule has 1 aromatic carbocycles. The first-order chi connectivity index (χ1) is 11.4. The fraction of sp³-hybridized carbons (Fsp3) is 0.579. The lowest BCUT2D eigenvalue weighted by molar-refractivity contribution is -0.151. The summed E-state index contributed by atoms with van der Waals surface area (Å²) in [6, 6.07) is 4.17.